The SMILES string of the molecule is CC(C)CN1CC2(C1)CN(C(C)C)C(=O)[C@@H](C)O2. The van der Waals surface area contributed by atoms with Gasteiger partial charge < -0.3 is 9.64 Å². The van der Waals surface area contributed by atoms with Crippen LogP contribution in [0.2, 0.25) is 0 Å². The molecule has 2 saturated heterocycles. The Morgan fingerprint density at radius 1 is 1.28 bits per heavy atom. The standard InChI is InChI=1S/C14H26N2O2/c1-10(2)6-15-7-14(8-15)9-16(11(3)4)13(17)12(5)18-14/h10-12H,6-9H2,1-5H3/t12-/m1/s1. The fraction of sp³-hybridized carbons (Fsp3) is 0.929. The van der Waals surface area contributed by atoms with Crippen molar-refractivity contribution < 1.29 is 9.53 Å². The molecule has 104 valence electrons. The highest BCUT2D eigenvalue weighted by molar-refractivity contribution is 5.81. The molecule has 2 heterocycles. The van der Waals surface area contributed by atoms with Crippen LogP contribution in [0.15, 0.2) is 0 Å². The Morgan fingerprint density at radius 2 is 1.89 bits per heavy atom. The summed E-state index contributed by atoms with van der Waals surface area (Å²) in [5.74, 6) is 0.823. The lowest BCUT2D eigenvalue weighted by molar-refractivity contribution is -0.218. The zero-order valence-electron chi connectivity index (χ0n) is 12.3. The second-order valence-corrected chi connectivity index (χ2v) is 6.57. The van der Waals surface area contributed by atoms with Gasteiger partial charge in [-0.2, -0.15) is 0 Å². The van der Waals surface area contributed by atoms with E-state index in [-0.39, 0.29) is 23.7 Å². The second-order valence-electron chi connectivity index (χ2n) is 6.57. The first kappa shape index (κ1) is 13.8. The maximum Gasteiger partial charge on any atom is 0.251 e. The fourth-order valence-electron chi connectivity index (χ4n) is 3.11. The van der Waals surface area contributed by atoms with Crippen molar-refractivity contribution in [2.75, 3.05) is 26.2 Å². The van der Waals surface area contributed by atoms with Crippen LogP contribution in [-0.2, 0) is 9.53 Å². The summed E-state index contributed by atoms with van der Waals surface area (Å²) >= 11 is 0. The molecule has 4 nitrogen and oxygen atoms in total. The van der Waals surface area contributed by atoms with Crippen molar-refractivity contribution in [3.63, 3.8) is 0 Å². The van der Waals surface area contributed by atoms with E-state index in [0.717, 1.165) is 26.2 Å². The molecule has 0 aromatic rings. The predicted octanol–water partition coefficient (Wildman–Crippen LogP) is 1.35. The van der Waals surface area contributed by atoms with Crippen molar-refractivity contribution >= 4 is 5.91 Å². The lowest BCUT2D eigenvalue weighted by Crippen LogP contribution is -2.73. The van der Waals surface area contributed by atoms with E-state index in [2.05, 4.69) is 32.6 Å². The molecule has 0 radical (unpaired) electrons. The molecule has 18 heavy (non-hydrogen) atoms. The zero-order chi connectivity index (χ0) is 13.5. The van der Waals surface area contributed by atoms with Crippen LogP contribution in [0.5, 0.6) is 0 Å². The number of carbonyl (C=O) groups is 1. The van der Waals surface area contributed by atoms with Crippen LogP contribution in [-0.4, -0.2) is 59.6 Å². The van der Waals surface area contributed by atoms with Crippen molar-refractivity contribution in [2.24, 2.45) is 5.92 Å². The smallest absolute Gasteiger partial charge is 0.251 e. The minimum Gasteiger partial charge on any atom is -0.358 e. The summed E-state index contributed by atoms with van der Waals surface area (Å²) < 4.78 is 5.98. The van der Waals surface area contributed by atoms with E-state index in [1.807, 2.05) is 11.8 Å². The Hall–Kier alpha value is -0.610. The highest BCUT2D eigenvalue weighted by Gasteiger charge is 2.51. The van der Waals surface area contributed by atoms with Gasteiger partial charge in [-0.05, 0) is 26.7 Å². The van der Waals surface area contributed by atoms with Gasteiger partial charge in [0.2, 0.25) is 0 Å². The summed E-state index contributed by atoms with van der Waals surface area (Å²) in [4.78, 5) is 16.4. The Kier molecular flexibility index (Phi) is 3.70. The molecule has 2 aliphatic rings. The summed E-state index contributed by atoms with van der Waals surface area (Å²) in [5, 5.41) is 0. The maximum atomic E-state index is 12.0. The Bertz CT molecular complexity index is 322. The van der Waals surface area contributed by atoms with Crippen LogP contribution < -0.4 is 0 Å². The minimum absolute atomic E-state index is 0.105. The van der Waals surface area contributed by atoms with Crippen LogP contribution >= 0.6 is 0 Å². The van der Waals surface area contributed by atoms with E-state index in [1.165, 1.54) is 0 Å². The topological polar surface area (TPSA) is 32.8 Å². The van der Waals surface area contributed by atoms with Gasteiger partial charge >= 0.3 is 0 Å². The van der Waals surface area contributed by atoms with Gasteiger partial charge in [-0.3, -0.25) is 9.69 Å². The third-order valence-corrected chi connectivity index (χ3v) is 3.79. The molecule has 2 aliphatic heterocycles. The first-order valence-corrected chi connectivity index (χ1v) is 7.04. The number of ether oxygens (including phenoxy) is 1. The average molecular weight is 254 g/mol. The van der Waals surface area contributed by atoms with Gasteiger partial charge in [0.15, 0.2) is 0 Å². The molecular weight excluding hydrogens is 228 g/mol. The normalized spacial score (nSPS) is 28.3. The third kappa shape index (κ3) is 2.54. The Morgan fingerprint density at radius 3 is 2.39 bits per heavy atom. The number of likely N-dealkylation sites (tertiary alicyclic amines) is 1. The van der Waals surface area contributed by atoms with Gasteiger partial charge in [-0.25, -0.2) is 0 Å². The van der Waals surface area contributed by atoms with Crippen molar-refractivity contribution in [2.45, 2.75) is 52.4 Å². The van der Waals surface area contributed by atoms with Gasteiger partial charge in [0.25, 0.3) is 5.91 Å². The molecule has 0 bridgehead atoms. The second kappa shape index (κ2) is 4.82. The molecule has 1 atom stereocenters. The van der Waals surface area contributed by atoms with E-state index in [1.54, 1.807) is 0 Å². The molecule has 0 N–H and O–H groups in total. The lowest BCUT2D eigenvalue weighted by Gasteiger charge is -2.56. The summed E-state index contributed by atoms with van der Waals surface area (Å²) in [7, 11) is 0. The number of hydrogen-bond donors (Lipinski definition) is 0. The average Bonchev–Trinajstić information content (AvgIpc) is 2.19. The van der Waals surface area contributed by atoms with E-state index in [4.69, 9.17) is 4.74 Å². The van der Waals surface area contributed by atoms with E-state index in [0.29, 0.717) is 5.92 Å². The van der Waals surface area contributed by atoms with Crippen molar-refractivity contribution in [1.29, 1.82) is 0 Å². The lowest BCUT2D eigenvalue weighted by atomic mass is 9.89. The first-order chi connectivity index (χ1) is 8.33. The van der Waals surface area contributed by atoms with Crippen molar-refractivity contribution in [3.05, 3.63) is 0 Å². The van der Waals surface area contributed by atoms with Crippen molar-refractivity contribution in [1.82, 2.24) is 9.80 Å². The van der Waals surface area contributed by atoms with Crippen LogP contribution in [0.25, 0.3) is 0 Å². The first-order valence-electron chi connectivity index (χ1n) is 7.04. The molecule has 1 spiro atoms. The number of nitrogens with zero attached hydrogens (tertiary/aromatic N) is 2. The van der Waals surface area contributed by atoms with E-state index >= 15 is 0 Å². The van der Waals surface area contributed by atoms with E-state index < -0.39 is 0 Å². The van der Waals surface area contributed by atoms with Gasteiger partial charge in [0, 0.05) is 25.7 Å². The largest absolute Gasteiger partial charge is 0.358 e. The highest BCUT2D eigenvalue weighted by Crippen LogP contribution is 2.33. The zero-order valence-corrected chi connectivity index (χ0v) is 12.3. The van der Waals surface area contributed by atoms with Crippen LogP contribution in [0.1, 0.15) is 34.6 Å². The number of rotatable bonds is 3. The molecule has 0 unspecified atom stereocenters. The van der Waals surface area contributed by atoms with Crippen LogP contribution in [0, 0.1) is 5.92 Å². The molecule has 0 aromatic carbocycles. The molecular formula is C14H26N2O2. The summed E-state index contributed by atoms with van der Waals surface area (Å²) in [5.41, 5.74) is -0.105. The van der Waals surface area contributed by atoms with Crippen molar-refractivity contribution in [3.8, 4) is 0 Å². The fourth-order valence-corrected chi connectivity index (χ4v) is 3.11. The summed E-state index contributed by atoms with van der Waals surface area (Å²) in [6.45, 7) is 14.3. The van der Waals surface area contributed by atoms with Crippen LogP contribution in [0.3, 0.4) is 0 Å². The maximum absolute atomic E-state index is 12.0. The monoisotopic (exact) mass is 254 g/mol. The predicted molar refractivity (Wildman–Crippen MR) is 71.4 cm³/mol. The molecule has 0 saturated carbocycles. The highest BCUT2D eigenvalue weighted by atomic mass is 16.5. The minimum atomic E-state index is -0.289. The van der Waals surface area contributed by atoms with Gasteiger partial charge in [-0.15, -0.1) is 0 Å². The molecule has 2 rings (SSSR count). The van der Waals surface area contributed by atoms with Crippen LogP contribution in [0.4, 0.5) is 0 Å². The Labute approximate surface area is 110 Å². The molecule has 0 aromatic heterocycles. The summed E-state index contributed by atoms with van der Waals surface area (Å²) in [6, 6.07) is 0.264. The molecule has 2 fully saturated rings. The molecule has 4 heteroatoms. The molecule has 0 aliphatic carbocycles. The quantitative estimate of drug-likeness (QED) is 0.762. The number of hydrogen-bond acceptors (Lipinski definition) is 3. The summed E-state index contributed by atoms with van der Waals surface area (Å²) in [6.07, 6.45) is -0.289. The van der Waals surface area contributed by atoms with Gasteiger partial charge in [0.1, 0.15) is 11.7 Å². The Balaban J connectivity index is 1.98. The number of amides is 1. The molecule has 1 amide bonds. The number of carbonyl (C=O) groups excluding carboxylic acids is 1. The number of morpholine rings is 1. The third-order valence-electron chi connectivity index (χ3n) is 3.79. The van der Waals surface area contributed by atoms with Gasteiger partial charge in [-0.1, -0.05) is 13.8 Å². The van der Waals surface area contributed by atoms with E-state index in [9.17, 15) is 4.79 Å². The van der Waals surface area contributed by atoms with Gasteiger partial charge in [0.05, 0.1) is 6.54 Å².